The fourth-order valence-corrected chi connectivity index (χ4v) is 1.33. The Hall–Kier alpha value is -0.420. The second kappa shape index (κ2) is 5.46. The Labute approximate surface area is 89.2 Å². The SMILES string of the molecule is C=C(OP(=O)(OC)OC)C(=S)N(C)C. The van der Waals surface area contributed by atoms with Gasteiger partial charge in [-0.1, -0.05) is 18.8 Å². The molecule has 0 unspecified atom stereocenters. The van der Waals surface area contributed by atoms with Crippen molar-refractivity contribution in [2.45, 2.75) is 0 Å². The molecule has 0 bridgehead atoms. The van der Waals surface area contributed by atoms with E-state index < -0.39 is 7.82 Å². The molecule has 0 aliphatic carbocycles. The van der Waals surface area contributed by atoms with Crippen molar-refractivity contribution < 1.29 is 18.1 Å². The highest BCUT2D eigenvalue weighted by atomic mass is 32.1. The van der Waals surface area contributed by atoms with Crippen LogP contribution in [0.15, 0.2) is 12.3 Å². The summed E-state index contributed by atoms with van der Waals surface area (Å²) in [5.41, 5.74) is 0. The Morgan fingerprint density at radius 2 is 1.79 bits per heavy atom. The molecule has 0 fully saturated rings. The van der Waals surface area contributed by atoms with E-state index >= 15 is 0 Å². The first-order chi connectivity index (χ1) is 6.36. The van der Waals surface area contributed by atoms with Crippen molar-refractivity contribution in [2.75, 3.05) is 28.3 Å². The lowest BCUT2D eigenvalue weighted by molar-refractivity contribution is 0.188. The summed E-state index contributed by atoms with van der Waals surface area (Å²) >= 11 is 4.93. The third kappa shape index (κ3) is 3.75. The molecule has 0 rings (SSSR count). The van der Waals surface area contributed by atoms with Gasteiger partial charge in [-0.2, -0.15) is 0 Å². The van der Waals surface area contributed by atoms with Gasteiger partial charge < -0.3 is 9.42 Å². The zero-order valence-corrected chi connectivity index (χ0v) is 10.4. The molecular weight excluding hydrogens is 225 g/mol. The van der Waals surface area contributed by atoms with Gasteiger partial charge in [0, 0.05) is 28.3 Å². The number of likely N-dealkylation sites (N-methyl/N-ethyl adjacent to an activating group) is 1. The molecule has 5 nitrogen and oxygen atoms in total. The number of rotatable bonds is 5. The van der Waals surface area contributed by atoms with Crippen LogP contribution in [0.4, 0.5) is 0 Å². The average molecular weight is 239 g/mol. The molecule has 82 valence electrons. The number of phosphoric ester groups is 1. The van der Waals surface area contributed by atoms with Crippen molar-refractivity contribution in [1.82, 2.24) is 4.90 Å². The molecule has 14 heavy (non-hydrogen) atoms. The number of thiocarbonyl (C=S) groups is 1. The highest BCUT2D eigenvalue weighted by Gasteiger charge is 2.26. The minimum absolute atomic E-state index is 0.0806. The van der Waals surface area contributed by atoms with Crippen LogP contribution in [-0.2, 0) is 18.1 Å². The van der Waals surface area contributed by atoms with Gasteiger partial charge in [-0.15, -0.1) is 0 Å². The van der Waals surface area contributed by atoms with Crippen LogP contribution in [0.25, 0.3) is 0 Å². The van der Waals surface area contributed by atoms with Crippen LogP contribution >= 0.6 is 20.0 Å². The minimum Gasteiger partial charge on any atom is -0.401 e. The summed E-state index contributed by atoms with van der Waals surface area (Å²) in [6, 6.07) is 0. The van der Waals surface area contributed by atoms with E-state index in [1.165, 1.54) is 14.2 Å². The van der Waals surface area contributed by atoms with Crippen molar-refractivity contribution in [3.63, 3.8) is 0 Å². The first-order valence-electron chi connectivity index (χ1n) is 3.68. The van der Waals surface area contributed by atoms with Crippen molar-refractivity contribution >= 4 is 25.0 Å². The van der Waals surface area contributed by atoms with Crippen LogP contribution in [0, 0.1) is 0 Å². The van der Waals surface area contributed by atoms with Crippen molar-refractivity contribution in [3.05, 3.63) is 12.3 Å². The molecule has 0 aromatic rings. The summed E-state index contributed by atoms with van der Waals surface area (Å²) in [6.07, 6.45) is 0. The molecule has 7 heteroatoms. The summed E-state index contributed by atoms with van der Waals surface area (Å²) in [5, 5.41) is 0. The lowest BCUT2D eigenvalue weighted by Gasteiger charge is -2.19. The van der Waals surface area contributed by atoms with E-state index in [1.807, 2.05) is 0 Å². The van der Waals surface area contributed by atoms with Gasteiger partial charge in [0.1, 0.15) is 4.99 Å². The third-order valence-electron chi connectivity index (χ3n) is 1.31. The monoisotopic (exact) mass is 239 g/mol. The lowest BCUT2D eigenvalue weighted by Crippen LogP contribution is -2.22. The van der Waals surface area contributed by atoms with Gasteiger partial charge in [-0.05, 0) is 0 Å². The van der Waals surface area contributed by atoms with Crippen LogP contribution in [0.2, 0.25) is 0 Å². The predicted molar refractivity (Wildman–Crippen MR) is 58.1 cm³/mol. The van der Waals surface area contributed by atoms with Crippen LogP contribution < -0.4 is 0 Å². The lowest BCUT2D eigenvalue weighted by atomic mass is 10.5. The highest BCUT2D eigenvalue weighted by Crippen LogP contribution is 2.49. The van der Waals surface area contributed by atoms with Gasteiger partial charge in [0.25, 0.3) is 0 Å². The molecule has 0 N–H and O–H groups in total. The van der Waals surface area contributed by atoms with Crippen LogP contribution in [0.3, 0.4) is 0 Å². The summed E-state index contributed by atoms with van der Waals surface area (Å²) in [5.74, 6) is 0.0806. The molecule has 0 aliphatic rings. The van der Waals surface area contributed by atoms with Crippen molar-refractivity contribution in [2.24, 2.45) is 0 Å². The first-order valence-corrected chi connectivity index (χ1v) is 5.55. The van der Waals surface area contributed by atoms with E-state index in [-0.39, 0.29) is 5.76 Å². The Kier molecular flexibility index (Phi) is 5.29. The molecule has 0 radical (unpaired) electrons. The van der Waals surface area contributed by atoms with E-state index in [4.69, 9.17) is 16.7 Å². The Balaban J connectivity index is 4.46. The molecule has 0 atom stereocenters. The zero-order valence-electron chi connectivity index (χ0n) is 8.64. The maximum atomic E-state index is 11.5. The average Bonchev–Trinajstić information content (AvgIpc) is 2.16. The van der Waals surface area contributed by atoms with Crippen molar-refractivity contribution in [1.29, 1.82) is 0 Å². The molecule has 0 saturated carbocycles. The quantitative estimate of drug-likeness (QED) is 0.315. The molecule has 0 aromatic heterocycles. The summed E-state index contributed by atoms with van der Waals surface area (Å²) in [4.78, 5) is 1.94. The zero-order chi connectivity index (χ0) is 11.4. The van der Waals surface area contributed by atoms with Crippen LogP contribution in [0.5, 0.6) is 0 Å². The Morgan fingerprint density at radius 3 is 2.07 bits per heavy atom. The van der Waals surface area contributed by atoms with Gasteiger partial charge in [-0.3, -0.25) is 9.05 Å². The van der Waals surface area contributed by atoms with E-state index in [0.717, 1.165) is 0 Å². The van der Waals surface area contributed by atoms with E-state index in [1.54, 1.807) is 19.0 Å². The molecule has 0 amide bonds. The number of hydrogen-bond donors (Lipinski definition) is 0. The standard InChI is InChI=1S/C7H14NO4PS/c1-6(7(14)8(2)3)12-13(9,10-4)11-5/h1H2,2-5H3. The second-order valence-electron chi connectivity index (χ2n) is 2.53. The number of nitrogens with zero attached hydrogens (tertiary/aromatic N) is 1. The van der Waals surface area contributed by atoms with E-state index in [2.05, 4.69) is 15.6 Å². The van der Waals surface area contributed by atoms with Gasteiger partial charge >= 0.3 is 7.82 Å². The number of hydrogen-bond acceptors (Lipinski definition) is 5. The topological polar surface area (TPSA) is 48.0 Å². The van der Waals surface area contributed by atoms with Crippen LogP contribution in [0.1, 0.15) is 0 Å². The van der Waals surface area contributed by atoms with Gasteiger partial charge in [-0.25, -0.2) is 4.57 Å². The van der Waals surface area contributed by atoms with E-state index in [9.17, 15) is 4.57 Å². The fraction of sp³-hybridized carbons (Fsp3) is 0.571. The molecule has 0 aromatic carbocycles. The predicted octanol–water partition coefficient (Wildman–Crippen LogP) is 1.81. The summed E-state index contributed by atoms with van der Waals surface area (Å²) in [7, 11) is 2.34. The van der Waals surface area contributed by atoms with E-state index in [0.29, 0.717) is 4.99 Å². The summed E-state index contributed by atoms with van der Waals surface area (Å²) < 4.78 is 25.5. The van der Waals surface area contributed by atoms with Gasteiger partial charge in [0.2, 0.25) is 0 Å². The molecular formula is C7H14NO4PS. The van der Waals surface area contributed by atoms with Crippen molar-refractivity contribution in [3.8, 4) is 0 Å². The minimum atomic E-state index is -3.54. The van der Waals surface area contributed by atoms with Gasteiger partial charge in [0.05, 0.1) is 0 Å². The third-order valence-corrected chi connectivity index (χ3v) is 3.25. The Morgan fingerprint density at radius 1 is 1.36 bits per heavy atom. The molecule has 0 heterocycles. The first kappa shape index (κ1) is 13.6. The second-order valence-corrected chi connectivity index (χ2v) is 4.72. The summed E-state index contributed by atoms with van der Waals surface area (Å²) in [6.45, 7) is 3.52. The smallest absolute Gasteiger partial charge is 0.401 e. The number of phosphoric acid groups is 1. The maximum absolute atomic E-state index is 11.5. The fourth-order valence-electron chi connectivity index (χ4n) is 0.572. The normalized spacial score (nSPS) is 10.9. The van der Waals surface area contributed by atoms with Gasteiger partial charge in [0.15, 0.2) is 5.76 Å². The molecule has 0 saturated heterocycles. The maximum Gasteiger partial charge on any atom is 0.529 e. The molecule has 0 spiro atoms. The largest absolute Gasteiger partial charge is 0.529 e. The molecule has 0 aliphatic heterocycles. The Bertz CT molecular complexity index is 271. The van der Waals surface area contributed by atoms with Crippen LogP contribution in [-0.4, -0.2) is 38.2 Å². The highest BCUT2D eigenvalue weighted by molar-refractivity contribution is 7.80.